The molecule has 3 N–H and O–H groups in total. The highest BCUT2D eigenvalue weighted by Gasteiger charge is 2.24. The van der Waals surface area contributed by atoms with Crippen molar-refractivity contribution < 1.29 is 4.79 Å². The molecule has 0 aromatic carbocycles. The number of rotatable bonds is 3. The van der Waals surface area contributed by atoms with E-state index >= 15 is 0 Å². The number of nitrogens with two attached hydrogens (primary N) is 1. The maximum Gasteiger partial charge on any atom is 0.229 e. The molecule has 0 aromatic heterocycles. The van der Waals surface area contributed by atoms with Crippen LogP contribution < -0.4 is 11.1 Å². The molecule has 0 aliphatic heterocycles. The lowest BCUT2D eigenvalue weighted by molar-refractivity contribution is -0.123. The molecule has 0 rings (SSSR count). The van der Waals surface area contributed by atoms with Gasteiger partial charge in [-0.05, 0) is 19.3 Å². The van der Waals surface area contributed by atoms with Gasteiger partial charge in [0.15, 0.2) is 0 Å². The van der Waals surface area contributed by atoms with E-state index in [1.54, 1.807) is 6.92 Å². The van der Waals surface area contributed by atoms with E-state index in [-0.39, 0.29) is 22.4 Å². The first-order chi connectivity index (χ1) is 6.16. The van der Waals surface area contributed by atoms with Crippen molar-refractivity contribution in [1.29, 1.82) is 0 Å². The van der Waals surface area contributed by atoms with Gasteiger partial charge in [0.2, 0.25) is 5.91 Å². The SMILES string of the molecule is CC(C(=O)NC(C)C(C)(C)C)C(N)=S. The predicted octanol–water partition coefficient (Wildman–Crippen LogP) is 1.46. The van der Waals surface area contributed by atoms with E-state index in [1.165, 1.54) is 0 Å². The summed E-state index contributed by atoms with van der Waals surface area (Å²) in [5, 5.41) is 2.89. The molecular formula is C10H20N2OS. The topological polar surface area (TPSA) is 55.1 Å². The average molecular weight is 216 g/mol. The summed E-state index contributed by atoms with van der Waals surface area (Å²) in [6.07, 6.45) is 0. The average Bonchev–Trinajstić information content (AvgIpc) is 2.00. The van der Waals surface area contributed by atoms with Crippen molar-refractivity contribution in [3.63, 3.8) is 0 Å². The first-order valence-corrected chi connectivity index (χ1v) is 5.16. The Bertz CT molecular complexity index is 233. The fraction of sp³-hybridized carbons (Fsp3) is 0.800. The van der Waals surface area contributed by atoms with Crippen LogP contribution in [0.5, 0.6) is 0 Å². The predicted molar refractivity (Wildman–Crippen MR) is 63.0 cm³/mol. The Balaban J connectivity index is 4.27. The van der Waals surface area contributed by atoms with Gasteiger partial charge in [-0.1, -0.05) is 33.0 Å². The van der Waals surface area contributed by atoms with Crippen molar-refractivity contribution in [3.8, 4) is 0 Å². The Morgan fingerprint density at radius 1 is 1.36 bits per heavy atom. The zero-order valence-electron chi connectivity index (χ0n) is 9.55. The summed E-state index contributed by atoms with van der Waals surface area (Å²) in [4.78, 5) is 11.8. The summed E-state index contributed by atoms with van der Waals surface area (Å²) in [5.41, 5.74) is 5.44. The largest absolute Gasteiger partial charge is 0.393 e. The standard InChI is InChI=1S/C10H20N2OS/c1-6(8(11)14)9(13)12-7(2)10(3,4)5/h6-7H,1-5H3,(H2,11,14)(H,12,13). The molecule has 2 atom stereocenters. The molecule has 3 nitrogen and oxygen atoms in total. The van der Waals surface area contributed by atoms with Gasteiger partial charge in [0.1, 0.15) is 0 Å². The zero-order chi connectivity index (χ0) is 11.5. The highest BCUT2D eigenvalue weighted by atomic mass is 32.1. The number of carbonyl (C=O) groups excluding carboxylic acids is 1. The second-order valence-electron chi connectivity index (χ2n) is 4.72. The van der Waals surface area contributed by atoms with Gasteiger partial charge in [-0.15, -0.1) is 0 Å². The fourth-order valence-electron chi connectivity index (χ4n) is 0.684. The van der Waals surface area contributed by atoms with Crippen LogP contribution in [0.3, 0.4) is 0 Å². The lowest BCUT2D eigenvalue weighted by Crippen LogP contribution is -2.45. The van der Waals surface area contributed by atoms with E-state index < -0.39 is 5.92 Å². The van der Waals surface area contributed by atoms with Crippen molar-refractivity contribution >= 4 is 23.1 Å². The highest BCUT2D eigenvalue weighted by Crippen LogP contribution is 2.18. The minimum absolute atomic E-state index is 0.0472. The highest BCUT2D eigenvalue weighted by molar-refractivity contribution is 7.80. The fourth-order valence-corrected chi connectivity index (χ4v) is 0.791. The quantitative estimate of drug-likeness (QED) is 0.702. The Hall–Kier alpha value is -0.640. The van der Waals surface area contributed by atoms with Crippen LogP contribution in [0.25, 0.3) is 0 Å². The molecule has 1 amide bonds. The van der Waals surface area contributed by atoms with Crippen LogP contribution in [0.15, 0.2) is 0 Å². The second-order valence-corrected chi connectivity index (χ2v) is 5.19. The Morgan fingerprint density at radius 2 is 1.79 bits per heavy atom. The monoisotopic (exact) mass is 216 g/mol. The van der Waals surface area contributed by atoms with Crippen LogP contribution in [0, 0.1) is 11.3 Å². The minimum atomic E-state index is -0.394. The van der Waals surface area contributed by atoms with Gasteiger partial charge < -0.3 is 11.1 Å². The maximum atomic E-state index is 11.6. The summed E-state index contributed by atoms with van der Waals surface area (Å²) in [6, 6.07) is 0.104. The third-order valence-electron chi connectivity index (χ3n) is 2.48. The molecule has 0 bridgehead atoms. The van der Waals surface area contributed by atoms with Crippen LogP contribution in [0.4, 0.5) is 0 Å². The third-order valence-corrected chi connectivity index (χ3v) is 2.83. The summed E-state index contributed by atoms with van der Waals surface area (Å²) < 4.78 is 0. The Labute approximate surface area is 91.4 Å². The van der Waals surface area contributed by atoms with E-state index in [0.29, 0.717) is 0 Å². The van der Waals surface area contributed by atoms with E-state index in [0.717, 1.165) is 0 Å². The van der Waals surface area contributed by atoms with Crippen LogP contribution in [0.1, 0.15) is 34.6 Å². The van der Waals surface area contributed by atoms with Gasteiger partial charge in [0, 0.05) is 6.04 Å². The Morgan fingerprint density at radius 3 is 2.07 bits per heavy atom. The normalized spacial score (nSPS) is 15.8. The van der Waals surface area contributed by atoms with Crippen molar-refractivity contribution in [1.82, 2.24) is 5.32 Å². The molecule has 0 radical (unpaired) electrons. The molecule has 14 heavy (non-hydrogen) atoms. The molecule has 82 valence electrons. The summed E-state index contributed by atoms with van der Waals surface area (Å²) in [7, 11) is 0. The van der Waals surface area contributed by atoms with Crippen molar-refractivity contribution in [2.45, 2.75) is 40.7 Å². The summed E-state index contributed by atoms with van der Waals surface area (Å²) in [6.45, 7) is 9.91. The third kappa shape index (κ3) is 4.05. The lowest BCUT2D eigenvalue weighted by Gasteiger charge is -2.29. The van der Waals surface area contributed by atoms with E-state index in [4.69, 9.17) is 18.0 Å². The van der Waals surface area contributed by atoms with E-state index in [1.807, 2.05) is 6.92 Å². The molecule has 4 heteroatoms. The zero-order valence-corrected chi connectivity index (χ0v) is 10.4. The molecule has 0 saturated carbocycles. The molecule has 0 spiro atoms. The first-order valence-electron chi connectivity index (χ1n) is 4.76. The van der Waals surface area contributed by atoms with Gasteiger partial charge in [-0.3, -0.25) is 4.79 Å². The number of hydrogen-bond donors (Lipinski definition) is 2. The number of carbonyl (C=O) groups is 1. The smallest absolute Gasteiger partial charge is 0.229 e. The molecule has 0 heterocycles. The van der Waals surface area contributed by atoms with Gasteiger partial charge in [-0.25, -0.2) is 0 Å². The molecular weight excluding hydrogens is 196 g/mol. The summed E-state index contributed by atoms with van der Waals surface area (Å²) in [5.74, 6) is -0.491. The number of thiocarbonyl (C=S) groups is 1. The molecule has 0 aromatic rings. The van der Waals surface area contributed by atoms with Crippen molar-refractivity contribution in [2.75, 3.05) is 0 Å². The van der Waals surface area contributed by atoms with Crippen LogP contribution in [0.2, 0.25) is 0 Å². The first kappa shape index (κ1) is 13.4. The maximum absolute atomic E-state index is 11.6. The van der Waals surface area contributed by atoms with E-state index in [9.17, 15) is 4.79 Å². The van der Waals surface area contributed by atoms with Gasteiger partial charge >= 0.3 is 0 Å². The van der Waals surface area contributed by atoms with E-state index in [2.05, 4.69) is 26.1 Å². The van der Waals surface area contributed by atoms with Crippen molar-refractivity contribution in [3.05, 3.63) is 0 Å². The lowest BCUT2D eigenvalue weighted by atomic mass is 9.88. The molecule has 0 saturated heterocycles. The van der Waals surface area contributed by atoms with Crippen molar-refractivity contribution in [2.24, 2.45) is 17.1 Å². The van der Waals surface area contributed by atoms with Gasteiger partial charge in [0.25, 0.3) is 0 Å². The number of hydrogen-bond acceptors (Lipinski definition) is 2. The minimum Gasteiger partial charge on any atom is -0.393 e. The van der Waals surface area contributed by atoms with Gasteiger partial charge in [0.05, 0.1) is 10.9 Å². The molecule has 2 unspecified atom stereocenters. The van der Waals surface area contributed by atoms with Crippen LogP contribution in [-0.2, 0) is 4.79 Å². The number of amides is 1. The number of nitrogens with one attached hydrogen (secondary N) is 1. The van der Waals surface area contributed by atoms with Gasteiger partial charge in [-0.2, -0.15) is 0 Å². The summed E-state index contributed by atoms with van der Waals surface area (Å²) >= 11 is 4.76. The molecule has 0 aliphatic rings. The Kier molecular flexibility index (Phi) is 4.52. The van der Waals surface area contributed by atoms with Crippen LogP contribution >= 0.6 is 12.2 Å². The molecule has 0 fully saturated rings. The van der Waals surface area contributed by atoms with Crippen LogP contribution in [-0.4, -0.2) is 16.9 Å². The molecule has 0 aliphatic carbocycles. The second kappa shape index (κ2) is 4.73.